The number of hydrogen-bond acceptors (Lipinski definition) is 2. The smallest absolute Gasteiger partial charge is 0.241 e. The molecule has 0 unspecified atom stereocenters. The van der Waals surface area contributed by atoms with Crippen molar-refractivity contribution in [3.63, 3.8) is 0 Å². The second-order valence-corrected chi connectivity index (χ2v) is 9.13. The van der Waals surface area contributed by atoms with E-state index < -0.39 is 40.6 Å². The van der Waals surface area contributed by atoms with Crippen LogP contribution in [-0.2, 0) is 19.3 Å². The first-order valence-corrected chi connectivity index (χ1v) is 12.4. The number of benzene rings is 3. The van der Waals surface area contributed by atoms with E-state index in [4.69, 9.17) is 0 Å². The zero-order valence-corrected chi connectivity index (χ0v) is 20.9. The van der Waals surface area contributed by atoms with Crippen molar-refractivity contribution in [3.8, 4) is 23.0 Å². The number of rotatable bonds is 8. The van der Waals surface area contributed by atoms with Crippen molar-refractivity contribution in [2.45, 2.75) is 51.6 Å². The Balaban J connectivity index is 1.55. The molecule has 0 atom stereocenters. The van der Waals surface area contributed by atoms with Crippen molar-refractivity contribution in [2.24, 2.45) is 0 Å². The van der Waals surface area contributed by atoms with Crippen molar-refractivity contribution < 1.29 is 30.7 Å². The lowest BCUT2D eigenvalue weighted by Gasteiger charge is -2.11. The zero-order valence-electron chi connectivity index (χ0n) is 20.9. The number of halogens is 7. The molecule has 0 bridgehead atoms. The summed E-state index contributed by atoms with van der Waals surface area (Å²) in [6, 6.07) is 6.63. The van der Waals surface area contributed by atoms with E-state index in [1.54, 1.807) is 12.4 Å². The Bertz CT molecular complexity index is 1530. The molecule has 9 heteroatoms. The first-order valence-electron chi connectivity index (χ1n) is 12.4. The normalized spacial score (nSPS) is 11.5. The van der Waals surface area contributed by atoms with Gasteiger partial charge < -0.3 is 0 Å². The third-order valence-corrected chi connectivity index (χ3v) is 6.21. The minimum Gasteiger partial charge on any atom is -0.241 e. The van der Waals surface area contributed by atoms with Gasteiger partial charge in [-0.1, -0.05) is 37.8 Å². The van der Waals surface area contributed by atoms with Crippen LogP contribution >= 0.6 is 0 Å². The summed E-state index contributed by atoms with van der Waals surface area (Å²) in [5.74, 6) is -1.49. The molecule has 0 saturated carbocycles. The average Bonchev–Trinajstić information content (AvgIpc) is 2.87. The summed E-state index contributed by atoms with van der Waals surface area (Å²) in [7, 11) is 0. The molecule has 0 aliphatic rings. The van der Waals surface area contributed by atoms with Gasteiger partial charge in [0, 0.05) is 30.1 Å². The maximum atomic E-state index is 15.0. The molecule has 0 spiro atoms. The molecule has 0 fully saturated rings. The van der Waals surface area contributed by atoms with Gasteiger partial charge >= 0.3 is 6.18 Å². The molecule has 202 valence electrons. The minimum atomic E-state index is -4.93. The molecular formula is C30H23F7N2. The zero-order chi connectivity index (χ0) is 28.2. The Labute approximate surface area is 220 Å². The lowest BCUT2D eigenvalue weighted by atomic mass is 9.96. The van der Waals surface area contributed by atoms with Crippen LogP contribution in [0, 0.1) is 35.1 Å². The van der Waals surface area contributed by atoms with E-state index in [0.717, 1.165) is 49.3 Å². The van der Waals surface area contributed by atoms with E-state index in [0.29, 0.717) is 24.2 Å². The third kappa shape index (κ3) is 6.94. The lowest BCUT2D eigenvalue weighted by molar-refractivity contribution is -0.0696. The van der Waals surface area contributed by atoms with Crippen molar-refractivity contribution >= 4 is 10.8 Å². The topological polar surface area (TPSA) is 25.8 Å². The highest BCUT2D eigenvalue weighted by Crippen LogP contribution is 2.32. The molecule has 0 radical (unpaired) electrons. The fraction of sp³-hybridized carbons (Fsp3) is 0.267. The predicted octanol–water partition coefficient (Wildman–Crippen LogP) is 8.28. The van der Waals surface area contributed by atoms with Crippen LogP contribution in [-0.4, -0.2) is 16.1 Å². The molecule has 3 aromatic carbocycles. The van der Waals surface area contributed by atoms with Crippen LogP contribution in [0.5, 0.6) is 0 Å². The first kappa shape index (κ1) is 28.1. The molecule has 4 rings (SSSR count). The van der Waals surface area contributed by atoms with E-state index in [-0.39, 0.29) is 16.3 Å². The summed E-state index contributed by atoms with van der Waals surface area (Å²) >= 11 is 0. The number of hydrogen-bond donors (Lipinski definition) is 0. The molecule has 39 heavy (non-hydrogen) atoms. The van der Waals surface area contributed by atoms with Gasteiger partial charge in [-0.15, -0.1) is 0 Å². The number of alkyl halides is 3. The van der Waals surface area contributed by atoms with E-state index in [1.807, 2.05) is 0 Å². The van der Waals surface area contributed by atoms with Gasteiger partial charge in [-0.25, -0.2) is 27.5 Å². The Hall–Kier alpha value is -3.93. The number of fused-ring (bicyclic) bond motifs is 1. The molecule has 0 N–H and O–H groups in total. The van der Waals surface area contributed by atoms with Crippen molar-refractivity contribution in [1.29, 1.82) is 0 Å². The Kier molecular flexibility index (Phi) is 8.54. The van der Waals surface area contributed by atoms with E-state index >= 15 is 8.78 Å². The van der Waals surface area contributed by atoms with Gasteiger partial charge in [0.15, 0.2) is 0 Å². The van der Waals surface area contributed by atoms with E-state index in [1.165, 1.54) is 30.2 Å². The van der Waals surface area contributed by atoms with Crippen molar-refractivity contribution in [3.05, 3.63) is 94.6 Å². The molecule has 0 aliphatic heterocycles. The van der Waals surface area contributed by atoms with Gasteiger partial charge in [-0.3, -0.25) is 0 Å². The second kappa shape index (κ2) is 11.9. The number of aryl methyl sites for hydroxylation is 3. The maximum Gasteiger partial charge on any atom is 0.458 e. The van der Waals surface area contributed by atoms with E-state index in [2.05, 4.69) is 16.9 Å². The Morgan fingerprint density at radius 3 is 2.10 bits per heavy atom. The molecule has 0 saturated heterocycles. The van der Waals surface area contributed by atoms with Gasteiger partial charge in [-0.05, 0) is 65.6 Å². The third-order valence-electron chi connectivity index (χ3n) is 6.21. The largest absolute Gasteiger partial charge is 0.458 e. The highest BCUT2D eigenvalue weighted by atomic mass is 19.4. The quantitative estimate of drug-likeness (QED) is 0.127. The summed E-state index contributed by atoms with van der Waals surface area (Å²) in [4.78, 5) is 8.66. The van der Waals surface area contributed by atoms with Gasteiger partial charge in [0.25, 0.3) is 0 Å². The second-order valence-electron chi connectivity index (χ2n) is 9.13. The maximum absolute atomic E-state index is 15.0. The number of nitrogens with zero attached hydrogens (tertiary/aromatic N) is 2. The van der Waals surface area contributed by atoms with Crippen LogP contribution in [0.1, 0.15) is 48.7 Å². The summed E-state index contributed by atoms with van der Waals surface area (Å²) < 4.78 is 96.2. The highest BCUT2D eigenvalue weighted by molar-refractivity contribution is 5.89. The summed E-state index contributed by atoms with van der Waals surface area (Å²) in [5.41, 5.74) is 0.00263. The van der Waals surface area contributed by atoms with Crippen LogP contribution in [0.2, 0.25) is 0 Å². The standard InChI is InChI=1S/C30H23F7N2/c1-2-3-4-5-19-16-38-27(39-17-19)9-6-18-12-25(32)28(26(33)13-18)20-7-8-22-21(14-20)15-24(31)23(29(22)34)10-11-30(35,36)37/h7-8,12-17H,2-6,9H2,1H3. The first-order chi connectivity index (χ1) is 18.6. The highest BCUT2D eigenvalue weighted by Gasteiger charge is 2.24. The van der Waals surface area contributed by atoms with Crippen LogP contribution in [0.4, 0.5) is 30.7 Å². The van der Waals surface area contributed by atoms with E-state index in [9.17, 15) is 22.0 Å². The molecule has 1 aromatic heterocycles. The van der Waals surface area contributed by atoms with Crippen LogP contribution in [0.25, 0.3) is 21.9 Å². The monoisotopic (exact) mass is 544 g/mol. The minimum absolute atomic E-state index is 0.0129. The van der Waals surface area contributed by atoms with Gasteiger partial charge in [-0.2, -0.15) is 13.2 Å². The molecule has 2 nitrogen and oxygen atoms in total. The predicted molar refractivity (Wildman–Crippen MR) is 135 cm³/mol. The SMILES string of the molecule is CCCCCc1cnc(CCc2cc(F)c(-c3ccc4c(F)c(C#CC(F)(F)F)c(F)cc4c3)c(F)c2)nc1. The average molecular weight is 545 g/mol. The summed E-state index contributed by atoms with van der Waals surface area (Å²) in [5, 5.41) is -0.321. The molecule has 0 aliphatic carbocycles. The van der Waals surface area contributed by atoms with Crippen LogP contribution in [0.3, 0.4) is 0 Å². The van der Waals surface area contributed by atoms with Crippen molar-refractivity contribution in [2.75, 3.05) is 0 Å². The molecule has 1 heterocycles. The summed E-state index contributed by atoms with van der Waals surface area (Å²) in [6.07, 6.45) is 3.47. The van der Waals surface area contributed by atoms with Crippen LogP contribution in [0.15, 0.2) is 48.8 Å². The van der Waals surface area contributed by atoms with Gasteiger partial charge in [0.1, 0.15) is 29.1 Å². The fourth-order valence-electron chi connectivity index (χ4n) is 4.25. The Morgan fingerprint density at radius 2 is 1.46 bits per heavy atom. The van der Waals surface area contributed by atoms with Gasteiger partial charge in [0.2, 0.25) is 0 Å². The summed E-state index contributed by atoms with van der Waals surface area (Å²) in [6.45, 7) is 2.13. The number of aromatic nitrogens is 2. The lowest BCUT2D eigenvalue weighted by Crippen LogP contribution is -2.03. The fourth-order valence-corrected chi connectivity index (χ4v) is 4.25. The van der Waals surface area contributed by atoms with Gasteiger partial charge in [0.05, 0.1) is 11.1 Å². The van der Waals surface area contributed by atoms with Crippen molar-refractivity contribution in [1.82, 2.24) is 9.97 Å². The molecule has 0 amide bonds. The molecule has 4 aromatic rings. The number of unbranched alkanes of at least 4 members (excludes halogenated alkanes) is 2. The van der Waals surface area contributed by atoms with Crippen LogP contribution < -0.4 is 0 Å². The Morgan fingerprint density at radius 1 is 0.769 bits per heavy atom. The molecular weight excluding hydrogens is 521 g/mol.